The number of aliphatic imine (C=N–C) groups is 1. The van der Waals surface area contributed by atoms with Crippen molar-refractivity contribution in [3.63, 3.8) is 0 Å². The predicted octanol–water partition coefficient (Wildman–Crippen LogP) is 4.06. The van der Waals surface area contributed by atoms with Crippen molar-refractivity contribution in [3.8, 4) is 11.4 Å². The number of allylic oxidation sites excluding steroid dienone is 1. The Balaban J connectivity index is 1.60. The minimum atomic E-state index is -0.275. The van der Waals surface area contributed by atoms with Gasteiger partial charge in [0.1, 0.15) is 12.4 Å². The fourth-order valence-electron chi connectivity index (χ4n) is 3.77. The summed E-state index contributed by atoms with van der Waals surface area (Å²) >= 11 is 0. The van der Waals surface area contributed by atoms with Crippen LogP contribution in [0.1, 0.15) is 47.9 Å². The lowest BCUT2D eigenvalue weighted by atomic mass is 10.0. The number of ether oxygens (including phenoxy) is 1. The molecule has 2 aromatic carbocycles. The number of anilines is 1. The molecule has 0 bridgehead atoms. The number of tetrazole rings is 1. The lowest BCUT2D eigenvalue weighted by molar-refractivity contribution is 0.302. The second-order valence-electron chi connectivity index (χ2n) is 8.48. The van der Waals surface area contributed by atoms with Crippen LogP contribution in [0.5, 0.6) is 5.75 Å². The molecule has 0 unspecified atom stereocenters. The van der Waals surface area contributed by atoms with Crippen molar-refractivity contribution >= 4 is 11.4 Å². The lowest BCUT2D eigenvalue weighted by Crippen LogP contribution is -2.23. The zero-order valence-corrected chi connectivity index (χ0v) is 19.8. The van der Waals surface area contributed by atoms with Gasteiger partial charge in [0.05, 0.1) is 5.69 Å². The van der Waals surface area contributed by atoms with Gasteiger partial charge in [-0.1, -0.05) is 12.1 Å². The minimum Gasteiger partial charge on any atom is -0.489 e. The number of rotatable bonds is 8. The molecular weight excluding hydrogens is 416 g/mol. The third kappa shape index (κ3) is 4.89. The summed E-state index contributed by atoms with van der Waals surface area (Å²) in [5.74, 6) is 1.32. The van der Waals surface area contributed by atoms with Crippen molar-refractivity contribution in [1.82, 2.24) is 19.8 Å². The third-order valence-corrected chi connectivity index (χ3v) is 5.96. The first kappa shape index (κ1) is 22.5. The Bertz CT molecular complexity index is 1280. The summed E-state index contributed by atoms with van der Waals surface area (Å²) < 4.78 is 8.89. The van der Waals surface area contributed by atoms with Crippen molar-refractivity contribution in [2.24, 2.45) is 12.0 Å². The van der Waals surface area contributed by atoms with E-state index in [0.717, 1.165) is 52.4 Å². The maximum absolute atomic E-state index is 12.5. The molecule has 0 aliphatic heterocycles. The number of hydrogen-bond acceptors (Lipinski definition) is 6. The average Bonchev–Trinajstić information content (AvgIpc) is 3.60. The smallest absolute Gasteiger partial charge is 0.368 e. The number of nitrogens with one attached hydrogen (secondary N) is 1. The Kier molecular flexibility index (Phi) is 6.44. The first-order valence-electron chi connectivity index (χ1n) is 11.1. The monoisotopic (exact) mass is 446 g/mol. The lowest BCUT2D eigenvalue weighted by Gasteiger charge is -2.17. The van der Waals surface area contributed by atoms with Crippen molar-refractivity contribution < 1.29 is 4.74 Å². The van der Waals surface area contributed by atoms with E-state index in [4.69, 9.17) is 4.74 Å². The summed E-state index contributed by atoms with van der Waals surface area (Å²) in [6.07, 6.45) is 6.13. The minimum absolute atomic E-state index is 0.275. The van der Waals surface area contributed by atoms with Crippen LogP contribution in [-0.2, 0) is 13.7 Å². The molecule has 1 aliphatic rings. The van der Waals surface area contributed by atoms with Crippen molar-refractivity contribution in [2.45, 2.75) is 46.1 Å². The predicted molar refractivity (Wildman–Crippen MR) is 131 cm³/mol. The van der Waals surface area contributed by atoms with E-state index in [2.05, 4.69) is 32.9 Å². The van der Waals surface area contributed by atoms with E-state index in [1.807, 2.05) is 51.2 Å². The van der Waals surface area contributed by atoms with Crippen LogP contribution >= 0.6 is 0 Å². The fraction of sp³-hybridized carbons (Fsp3) is 0.360. The molecule has 4 rings (SSSR count). The maximum Gasteiger partial charge on any atom is 0.368 e. The Morgan fingerprint density at radius 1 is 1.24 bits per heavy atom. The molecule has 1 aromatic heterocycles. The normalized spacial score (nSPS) is 14.2. The maximum atomic E-state index is 12.5. The first-order chi connectivity index (χ1) is 15.9. The van der Waals surface area contributed by atoms with E-state index in [9.17, 15) is 4.79 Å². The van der Waals surface area contributed by atoms with Crippen molar-refractivity contribution in [2.75, 3.05) is 12.4 Å². The molecule has 8 heteroatoms. The standard InChI is InChI=1S/C25H30N6O2/c1-16-14-24(17(2)13-22(16)27-12-11-18(3)26-4)33-15-21-20(19-9-10-19)7-6-8-23(21)31-25(32)30(5)28-29-31/h6-8,11-14,19,27H,9-10,15H2,1-5H3/b12-11-,26-18-. The van der Waals surface area contributed by atoms with Gasteiger partial charge in [-0.3, -0.25) is 4.99 Å². The molecule has 3 aromatic rings. The van der Waals surface area contributed by atoms with E-state index >= 15 is 0 Å². The van der Waals surface area contributed by atoms with Crippen LogP contribution in [0.2, 0.25) is 0 Å². The molecule has 0 atom stereocenters. The molecule has 1 heterocycles. The Labute approximate surface area is 193 Å². The SMILES string of the molecule is C/N=C(C)\C=C/Nc1cc(C)c(OCc2c(C3CC3)cccc2-n2nnn(C)c2=O)cc1C. The number of aromatic nitrogens is 4. The van der Waals surface area contributed by atoms with Gasteiger partial charge in [-0.2, -0.15) is 9.36 Å². The summed E-state index contributed by atoms with van der Waals surface area (Å²) in [7, 11) is 3.37. The zero-order valence-electron chi connectivity index (χ0n) is 19.8. The molecule has 0 radical (unpaired) electrons. The zero-order chi connectivity index (χ0) is 23.5. The van der Waals surface area contributed by atoms with Gasteiger partial charge >= 0.3 is 5.69 Å². The number of aryl methyl sites for hydroxylation is 3. The highest BCUT2D eigenvalue weighted by Gasteiger charge is 2.28. The Morgan fingerprint density at radius 2 is 2.03 bits per heavy atom. The first-order valence-corrected chi connectivity index (χ1v) is 11.1. The second kappa shape index (κ2) is 9.44. The van der Waals surface area contributed by atoms with Crippen LogP contribution < -0.4 is 15.7 Å². The van der Waals surface area contributed by atoms with Crippen molar-refractivity contribution in [1.29, 1.82) is 0 Å². The molecule has 0 spiro atoms. The molecule has 1 aliphatic carbocycles. The van der Waals surface area contributed by atoms with Gasteiger partial charge in [-0.15, -0.1) is 0 Å². The Morgan fingerprint density at radius 3 is 2.70 bits per heavy atom. The van der Waals surface area contributed by atoms with Crippen LogP contribution in [0.3, 0.4) is 0 Å². The van der Waals surface area contributed by atoms with Gasteiger partial charge in [-0.05, 0) is 90.9 Å². The molecule has 33 heavy (non-hydrogen) atoms. The number of hydrogen-bond donors (Lipinski definition) is 1. The summed E-state index contributed by atoms with van der Waals surface area (Å²) in [5, 5.41) is 11.2. The van der Waals surface area contributed by atoms with Crippen LogP contribution in [0.4, 0.5) is 5.69 Å². The third-order valence-electron chi connectivity index (χ3n) is 5.96. The van der Waals surface area contributed by atoms with Crippen LogP contribution in [0.15, 0.2) is 52.4 Å². The van der Waals surface area contributed by atoms with E-state index in [1.165, 1.54) is 14.9 Å². The molecular formula is C25H30N6O2. The van der Waals surface area contributed by atoms with Gasteiger partial charge < -0.3 is 10.1 Å². The quantitative estimate of drug-likeness (QED) is 0.528. The van der Waals surface area contributed by atoms with Crippen LogP contribution in [0, 0.1) is 13.8 Å². The van der Waals surface area contributed by atoms with Crippen molar-refractivity contribution in [3.05, 3.63) is 75.3 Å². The van der Waals surface area contributed by atoms with E-state index < -0.39 is 0 Å². The molecule has 1 fully saturated rings. The number of benzene rings is 2. The molecule has 0 amide bonds. The average molecular weight is 447 g/mol. The molecule has 172 valence electrons. The van der Waals surface area contributed by atoms with E-state index in [0.29, 0.717) is 12.5 Å². The topological polar surface area (TPSA) is 86.3 Å². The summed E-state index contributed by atoms with van der Waals surface area (Å²) in [6, 6.07) is 10.1. The van der Waals surface area contributed by atoms with Gasteiger partial charge in [0, 0.05) is 37.3 Å². The highest BCUT2D eigenvalue weighted by atomic mass is 16.5. The Hall–Kier alpha value is -3.68. The van der Waals surface area contributed by atoms with E-state index in [-0.39, 0.29) is 5.69 Å². The molecule has 8 nitrogen and oxygen atoms in total. The fourth-order valence-corrected chi connectivity index (χ4v) is 3.77. The van der Waals surface area contributed by atoms with Crippen LogP contribution in [0.25, 0.3) is 5.69 Å². The summed E-state index contributed by atoms with van der Waals surface area (Å²) in [4.78, 5) is 16.6. The van der Waals surface area contributed by atoms with Gasteiger partial charge in [0.2, 0.25) is 0 Å². The van der Waals surface area contributed by atoms with Gasteiger partial charge in [-0.25, -0.2) is 4.79 Å². The number of nitrogens with zero attached hydrogens (tertiary/aromatic N) is 5. The summed E-state index contributed by atoms with van der Waals surface area (Å²) in [5.41, 5.74) is 6.72. The highest BCUT2D eigenvalue weighted by molar-refractivity contribution is 5.92. The highest BCUT2D eigenvalue weighted by Crippen LogP contribution is 2.43. The van der Waals surface area contributed by atoms with E-state index in [1.54, 1.807) is 14.1 Å². The van der Waals surface area contributed by atoms with Crippen LogP contribution in [-0.4, -0.2) is 32.5 Å². The second-order valence-corrected chi connectivity index (χ2v) is 8.48. The largest absolute Gasteiger partial charge is 0.489 e. The molecule has 1 saturated carbocycles. The van der Waals surface area contributed by atoms with Gasteiger partial charge in [0.15, 0.2) is 0 Å². The van der Waals surface area contributed by atoms with Gasteiger partial charge in [0.25, 0.3) is 0 Å². The molecule has 0 saturated heterocycles. The summed E-state index contributed by atoms with van der Waals surface area (Å²) in [6.45, 7) is 6.38. The molecule has 1 N–H and O–H groups in total.